The zero-order chi connectivity index (χ0) is 15.9. The van der Waals surface area contributed by atoms with Gasteiger partial charge in [-0.15, -0.1) is 0 Å². The fraction of sp³-hybridized carbons (Fsp3) is 0.882. The molecule has 0 bridgehead atoms. The molecule has 1 saturated heterocycles. The summed E-state index contributed by atoms with van der Waals surface area (Å²) in [6.45, 7) is 9.47. The van der Waals surface area contributed by atoms with E-state index in [2.05, 4.69) is 31.7 Å². The minimum absolute atomic E-state index is 0.0450. The smallest absolute Gasteiger partial charge is 0.243 e. The van der Waals surface area contributed by atoms with E-state index in [1.807, 2.05) is 11.9 Å². The lowest BCUT2D eigenvalue weighted by Gasteiger charge is -2.39. The number of rotatable bonds is 7. The van der Waals surface area contributed by atoms with Gasteiger partial charge in [-0.3, -0.25) is 4.79 Å². The highest BCUT2D eigenvalue weighted by molar-refractivity contribution is 5.85. The molecule has 0 saturated carbocycles. The summed E-state index contributed by atoms with van der Waals surface area (Å²) in [5, 5.41) is 9.63. The van der Waals surface area contributed by atoms with Crippen LogP contribution in [0.25, 0.3) is 0 Å². The lowest BCUT2D eigenvalue weighted by Crippen LogP contribution is -2.50. The van der Waals surface area contributed by atoms with E-state index in [1.165, 1.54) is 0 Å². The van der Waals surface area contributed by atoms with Crippen molar-refractivity contribution in [1.29, 1.82) is 5.26 Å². The molecule has 0 aromatic carbocycles. The van der Waals surface area contributed by atoms with E-state index in [-0.39, 0.29) is 5.91 Å². The minimum Gasteiger partial charge on any atom is -0.341 e. The molecule has 0 atom stereocenters. The fourth-order valence-electron chi connectivity index (χ4n) is 3.48. The van der Waals surface area contributed by atoms with Crippen LogP contribution in [-0.2, 0) is 4.79 Å². The maximum atomic E-state index is 12.9. The Morgan fingerprint density at radius 1 is 1.24 bits per heavy atom. The molecule has 0 radical (unpaired) electrons. The lowest BCUT2D eigenvalue weighted by atomic mass is 9.79. The second-order valence-electron chi connectivity index (χ2n) is 6.28. The van der Waals surface area contributed by atoms with E-state index in [4.69, 9.17) is 0 Å². The minimum atomic E-state index is -0.805. The molecule has 0 aromatic rings. The van der Waals surface area contributed by atoms with Gasteiger partial charge < -0.3 is 9.80 Å². The summed E-state index contributed by atoms with van der Waals surface area (Å²) >= 11 is 0. The normalized spacial score (nSPS) is 17.5. The summed E-state index contributed by atoms with van der Waals surface area (Å²) in [6.07, 6.45) is 5.15. The number of amides is 1. The van der Waals surface area contributed by atoms with Gasteiger partial charge in [0.1, 0.15) is 5.41 Å². The van der Waals surface area contributed by atoms with Gasteiger partial charge in [0, 0.05) is 26.2 Å². The Kier molecular flexibility index (Phi) is 7.17. The van der Waals surface area contributed by atoms with E-state index in [0.717, 1.165) is 45.3 Å². The number of carbonyl (C=O) groups is 1. The maximum absolute atomic E-state index is 12.9. The van der Waals surface area contributed by atoms with Crippen LogP contribution in [0.4, 0.5) is 0 Å². The van der Waals surface area contributed by atoms with E-state index in [1.54, 1.807) is 0 Å². The monoisotopic (exact) mass is 293 g/mol. The summed E-state index contributed by atoms with van der Waals surface area (Å²) in [5.41, 5.74) is -0.805. The number of nitriles is 1. The molecule has 0 aliphatic carbocycles. The molecular formula is C17H31N3O. The highest BCUT2D eigenvalue weighted by Gasteiger charge is 2.41. The first-order valence-electron chi connectivity index (χ1n) is 8.45. The molecule has 1 amide bonds. The van der Waals surface area contributed by atoms with Crippen LogP contribution in [0.15, 0.2) is 0 Å². The molecule has 0 unspecified atom stereocenters. The standard InChI is InChI=1S/C17H31N3O/c1-5-10-17(14-18,11-6-2)16(21)19(4)15-8-12-20(7-3)13-9-15/h15H,5-13H2,1-4H3. The summed E-state index contributed by atoms with van der Waals surface area (Å²) in [5.74, 6) is 0.0450. The predicted molar refractivity (Wildman–Crippen MR) is 85.8 cm³/mol. The molecule has 0 N–H and O–H groups in total. The second-order valence-corrected chi connectivity index (χ2v) is 6.28. The van der Waals surface area contributed by atoms with Crippen molar-refractivity contribution in [1.82, 2.24) is 9.80 Å². The van der Waals surface area contributed by atoms with Crippen molar-refractivity contribution in [2.24, 2.45) is 5.41 Å². The summed E-state index contributed by atoms with van der Waals surface area (Å²) in [6, 6.07) is 2.65. The van der Waals surface area contributed by atoms with Crippen LogP contribution in [-0.4, -0.2) is 48.4 Å². The Morgan fingerprint density at radius 2 is 1.76 bits per heavy atom. The summed E-state index contributed by atoms with van der Waals surface area (Å²) in [4.78, 5) is 17.2. The number of nitrogens with zero attached hydrogens (tertiary/aromatic N) is 3. The summed E-state index contributed by atoms with van der Waals surface area (Å²) < 4.78 is 0. The van der Waals surface area contributed by atoms with Gasteiger partial charge in [-0.25, -0.2) is 0 Å². The Hall–Kier alpha value is -1.08. The van der Waals surface area contributed by atoms with Crippen molar-refractivity contribution in [3.63, 3.8) is 0 Å². The molecule has 1 heterocycles. The van der Waals surface area contributed by atoms with Crippen LogP contribution < -0.4 is 0 Å². The molecule has 1 rings (SSSR count). The van der Waals surface area contributed by atoms with Gasteiger partial charge in [0.25, 0.3) is 0 Å². The summed E-state index contributed by atoms with van der Waals surface area (Å²) in [7, 11) is 1.89. The van der Waals surface area contributed by atoms with Gasteiger partial charge in [0.2, 0.25) is 5.91 Å². The van der Waals surface area contributed by atoms with Crippen molar-refractivity contribution in [2.45, 2.75) is 65.3 Å². The van der Waals surface area contributed by atoms with Crippen LogP contribution >= 0.6 is 0 Å². The number of piperidine rings is 1. The fourth-order valence-corrected chi connectivity index (χ4v) is 3.48. The average molecular weight is 293 g/mol. The molecule has 0 spiro atoms. The van der Waals surface area contributed by atoms with Crippen molar-refractivity contribution in [3.05, 3.63) is 0 Å². The molecule has 0 aromatic heterocycles. The van der Waals surface area contributed by atoms with Gasteiger partial charge in [0.05, 0.1) is 6.07 Å². The third-order valence-corrected chi connectivity index (χ3v) is 4.85. The van der Waals surface area contributed by atoms with Gasteiger partial charge in [-0.1, -0.05) is 33.6 Å². The third-order valence-electron chi connectivity index (χ3n) is 4.85. The topological polar surface area (TPSA) is 47.3 Å². The molecule has 1 aliphatic heterocycles. The zero-order valence-corrected chi connectivity index (χ0v) is 14.2. The third kappa shape index (κ3) is 4.20. The van der Waals surface area contributed by atoms with Crippen LogP contribution in [0.3, 0.4) is 0 Å². The first-order chi connectivity index (χ1) is 10.0. The van der Waals surface area contributed by atoms with E-state index < -0.39 is 5.41 Å². The molecule has 1 aliphatic rings. The van der Waals surface area contributed by atoms with Crippen LogP contribution in [0, 0.1) is 16.7 Å². The number of likely N-dealkylation sites (tertiary alicyclic amines) is 1. The van der Waals surface area contributed by atoms with E-state index >= 15 is 0 Å². The SMILES string of the molecule is CCCC(C#N)(CCC)C(=O)N(C)C1CCN(CC)CC1. The van der Waals surface area contributed by atoms with Gasteiger partial charge in [-0.05, 0) is 32.2 Å². The van der Waals surface area contributed by atoms with Gasteiger partial charge in [0.15, 0.2) is 0 Å². The Labute approximate surface area is 130 Å². The highest BCUT2D eigenvalue weighted by atomic mass is 16.2. The van der Waals surface area contributed by atoms with E-state index in [9.17, 15) is 10.1 Å². The predicted octanol–water partition coefficient (Wildman–Crippen LogP) is 3.04. The first kappa shape index (κ1) is 18.0. The average Bonchev–Trinajstić information content (AvgIpc) is 2.53. The number of carbonyl (C=O) groups excluding carboxylic acids is 1. The van der Waals surface area contributed by atoms with Crippen molar-refractivity contribution in [2.75, 3.05) is 26.7 Å². The zero-order valence-electron chi connectivity index (χ0n) is 14.2. The molecule has 1 fully saturated rings. The Bertz CT molecular complexity index is 361. The Balaban J connectivity index is 2.77. The quantitative estimate of drug-likeness (QED) is 0.725. The Morgan fingerprint density at radius 3 is 2.14 bits per heavy atom. The van der Waals surface area contributed by atoms with Gasteiger partial charge in [-0.2, -0.15) is 5.26 Å². The molecular weight excluding hydrogens is 262 g/mol. The highest BCUT2D eigenvalue weighted by Crippen LogP contribution is 2.33. The van der Waals surface area contributed by atoms with Gasteiger partial charge >= 0.3 is 0 Å². The maximum Gasteiger partial charge on any atom is 0.243 e. The lowest BCUT2D eigenvalue weighted by molar-refractivity contribution is -0.141. The van der Waals surface area contributed by atoms with Crippen LogP contribution in [0.1, 0.15) is 59.3 Å². The number of hydrogen-bond acceptors (Lipinski definition) is 3. The van der Waals surface area contributed by atoms with Crippen LogP contribution in [0.5, 0.6) is 0 Å². The molecule has 21 heavy (non-hydrogen) atoms. The largest absolute Gasteiger partial charge is 0.341 e. The number of hydrogen-bond donors (Lipinski definition) is 0. The molecule has 4 nitrogen and oxygen atoms in total. The van der Waals surface area contributed by atoms with Crippen molar-refractivity contribution in [3.8, 4) is 6.07 Å². The van der Waals surface area contributed by atoms with Crippen molar-refractivity contribution >= 4 is 5.91 Å². The van der Waals surface area contributed by atoms with E-state index in [0.29, 0.717) is 18.9 Å². The first-order valence-corrected chi connectivity index (χ1v) is 8.45. The molecule has 4 heteroatoms. The van der Waals surface area contributed by atoms with Crippen molar-refractivity contribution < 1.29 is 4.79 Å². The van der Waals surface area contributed by atoms with Crippen LogP contribution in [0.2, 0.25) is 0 Å². The second kappa shape index (κ2) is 8.38. The molecule has 120 valence electrons.